The van der Waals surface area contributed by atoms with E-state index in [2.05, 4.69) is 0 Å². The van der Waals surface area contributed by atoms with E-state index in [1.165, 1.54) is 6.92 Å². The average molecular weight is 463 g/mol. The van der Waals surface area contributed by atoms with E-state index in [4.69, 9.17) is 28.4 Å². The number of rotatable bonds is 3. The van der Waals surface area contributed by atoms with Crippen LogP contribution in [0.2, 0.25) is 0 Å². The summed E-state index contributed by atoms with van der Waals surface area (Å²) >= 11 is 0. The summed E-state index contributed by atoms with van der Waals surface area (Å²) in [6.45, 7) is 8.14. The summed E-state index contributed by atoms with van der Waals surface area (Å²) in [5.41, 5.74) is -1.28. The van der Waals surface area contributed by atoms with Crippen LogP contribution in [0.4, 0.5) is 4.79 Å². The lowest BCUT2D eigenvalue weighted by molar-refractivity contribution is -0.358. The number of benzene rings is 1. The van der Waals surface area contributed by atoms with Gasteiger partial charge in [0.25, 0.3) is 5.79 Å². The second-order valence-corrected chi connectivity index (χ2v) is 9.83. The number of amides is 2. The molecule has 6 atom stereocenters. The molecule has 0 bridgehead atoms. The third-order valence-corrected chi connectivity index (χ3v) is 6.53. The molecule has 33 heavy (non-hydrogen) atoms. The van der Waals surface area contributed by atoms with Crippen LogP contribution in [0.25, 0.3) is 0 Å². The highest BCUT2D eigenvalue weighted by Crippen LogP contribution is 2.57. The lowest BCUT2D eigenvalue weighted by atomic mass is 9.85. The van der Waals surface area contributed by atoms with E-state index in [-0.39, 0.29) is 13.2 Å². The maximum absolute atomic E-state index is 13.9. The quantitative estimate of drug-likeness (QED) is 0.720. The Morgan fingerprint density at radius 3 is 2.48 bits per heavy atom. The molecule has 0 radical (unpaired) electrons. The third-order valence-electron chi connectivity index (χ3n) is 6.53. The summed E-state index contributed by atoms with van der Waals surface area (Å²) in [6.07, 6.45) is -3.63. The zero-order chi connectivity index (χ0) is 23.8. The maximum Gasteiger partial charge on any atom is 0.419 e. The number of hydrogen-bond donors (Lipinski definition) is 1. The molecule has 0 spiro atoms. The fraction of sp³-hybridized carbons (Fsp3) is 0.652. The van der Waals surface area contributed by atoms with Crippen molar-refractivity contribution in [2.24, 2.45) is 5.92 Å². The highest BCUT2D eigenvalue weighted by molar-refractivity contribution is 5.95. The number of aliphatic hydroxyl groups is 1. The van der Waals surface area contributed by atoms with Gasteiger partial charge in [0.1, 0.15) is 12.2 Å². The van der Waals surface area contributed by atoms with Crippen LogP contribution in [0.15, 0.2) is 30.3 Å². The van der Waals surface area contributed by atoms with E-state index in [9.17, 15) is 14.7 Å². The third kappa shape index (κ3) is 3.23. The predicted octanol–water partition coefficient (Wildman–Crippen LogP) is 2.06. The molecule has 0 aromatic heterocycles. The molecule has 5 rings (SSSR count). The number of cyclic esters (lactones) is 1. The molecule has 4 aliphatic rings. The summed E-state index contributed by atoms with van der Waals surface area (Å²) in [5, 5.41) is 10.9. The SMILES string of the molecule is C[C@H](C(=O)N1C(=O)OC[C@@]23OC[C@H]4OC(C)(C)O[C@H]4[C@@]12OC(C)(C)O3)[C@H](O)c1ccccc1. The second-order valence-electron chi connectivity index (χ2n) is 9.83. The van der Waals surface area contributed by atoms with Crippen molar-refractivity contribution in [3.63, 3.8) is 0 Å². The minimum Gasteiger partial charge on any atom is -0.443 e. The van der Waals surface area contributed by atoms with Gasteiger partial charge in [-0.1, -0.05) is 37.3 Å². The van der Waals surface area contributed by atoms with Gasteiger partial charge in [-0.15, -0.1) is 0 Å². The highest BCUT2D eigenvalue weighted by Gasteiger charge is 2.81. The number of carbonyl (C=O) groups excluding carboxylic acids is 2. The second kappa shape index (κ2) is 7.21. The average Bonchev–Trinajstić information content (AvgIpc) is 3.22. The molecule has 0 aliphatic carbocycles. The standard InChI is InChI=1S/C23H29NO9/c1-13(16(25)14-9-7-6-8-10-14)18(26)24-19(27)28-12-22-23(24,33-21(4,5)32-22)17-15(11-29-22)30-20(2,3)31-17/h6-10,13,15-17,25H,11-12H2,1-5H3/t13-,15+,16-,17+,22-,23-/m0/s1. The van der Waals surface area contributed by atoms with Crippen LogP contribution in [0.3, 0.4) is 0 Å². The molecule has 1 aromatic carbocycles. The molecule has 4 heterocycles. The van der Waals surface area contributed by atoms with Gasteiger partial charge in [-0.3, -0.25) is 4.79 Å². The molecule has 10 nitrogen and oxygen atoms in total. The molecule has 0 saturated carbocycles. The molecular weight excluding hydrogens is 434 g/mol. The maximum atomic E-state index is 13.9. The lowest BCUT2D eigenvalue weighted by Crippen LogP contribution is -2.81. The van der Waals surface area contributed by atoms with Gasteiger partial charge >= 0.3 is 6.09 Å². The van der Waals surface area contributed by atoms with Crippen LogP contribution in [0.1, 0.15) is 46.3 Å². The van der Waals surface area contributed by atoms with Gasteiger partial charge in [-0.25, -0.2) is 9.69 Å². The summed E-state index contributed by atoms with van der Waals surface area (Å²) < 4.78 is 36.2. The van der Waals surface area contributed by atoms with Crippen LogP contribution in [0.5, 0.6) is 0 Å². The fourth-order valence-corrected chi connectivity index (χ4v) is 5.26. The Morgan fingerprint density at radius 2 is 1.79 bits per heavy atom. The molecule has 1 aromatic rings. The van der Waals surface area contributed by atoms with Gasteiger partial charge in [0, 0.05) is 0 Å². The minimum atomic E-state index is -1.82. The number of aliphatic hydroxyl groups excluding tert-OH is 1. The Hall–Kier alpha value is -2.08. The van der Waals surface area contributed by atoms with E-state index in [1.54, 1.807) is 52.0 Å². The topological polar surface area (TPSA) is 113 Å². The molecule has 0 unspecified atom stereocenters. The molecule has 2 amide bonds. The van der Waals surface area contributed by atoms with Crippen LogP contribution in [0, 0.1) is 5.92 Å². The van der Waals surface area contributed by atoms with Crippen molar-refractivity contribution in [1.82, 2.24) is 4.90 Å². The van der Waals surface area contributed by atoms with Gasteiger partial charge in [-0.2, -0.15) is 0 Å². The fourth-order valence-electron chi connectivity index (χ4n) is 5.26. The van der Waals surface area contributed by atoms with Gasteiger partial charge in [0.15, 0.2) is 18.2 Å². The van der Waals surface area contributed by atoms with Crippen molar-refractivity contribution in [2.75, 3.05) is 13.2 Å². The van der Waals surface area contributed by atoms with Crippen LogP contribution in [-0.2, 0) is 33.2 Å². The number of nitrogens with zero attached hydrogens (tertiary/aromatic N) is 1. The van der Waals surface area contributed by atoms with Crippen LogP contribution < -0.4 is 0 Å². The van der Waals surface area contributed by atoms with Crippen molar-refractivity contribution < 1.29 is 43.1 Å². The van der Waals surface area contributed by atoms with Crippen LogP contribution in [-0.4, -0.2) is 70.5 Å². The van der Waals surface area contributed by atoms with Gasteiger partial charge in [0.2, 0.25) is 11.6 Å². The zero-order valence-electron chi connectivity index (χ0n) is 19.3. The summed E-state index contributed by atoms with van der Waals surface area (Å²) in [4.78, 5) is 27.9. The van der Waals surface area contributed by atoms with Crippen molar-refractivity contribution in [3.05, 3.63) is 35.9 Å². The molecule has 4 fully saturated rings. The van der Waals surface area contributed by atoms with E-state index in [0.717, 1.165) is 4.90 Å². The number of imide groups is 1. The highest BCUT2D eigenvalue weighted by atomic mass is 16.9. The van der Waals surface area contributed by atoms with E-state index in [1.807, 2.05) is 6.07 Å². The number of carbonyl (C=O) groups is 2. The largest absolute Gasteiger partial charge is 0.443 e. The normalized spacial score (nSPS) is 38.0. The molecule has 1 N–H and O–H groups in total. The Morgan fingerprint density at radius 1 is 1.09 bits per heavy atom. The Bertz CT molecular complexity index is 966. The first-order valence-corrected chi connectivity index (χ1v) is 11.1. The Labute approximate surface area is 191 Å². The summed E-state index contributed by atoms with van der Waals surface area (Å²) in [7, 11) is 0. The molecule has 4 saturated heterocycles. The van der Waals surface area contributed by atoms with E-state index >= 15 is 0 Å². The Balaban J connectivity index is 1.60. The van der Waals surface area contributed by atoms with Gasteiger partial charge < -0.3 is 33.5 Å². The van der Waals surface area contributed by atoms with Crippen molar-refractivity contribution in [3.8, 4) is 0 Å². The van der Waals surface area contributed by atoms with Crippen molar-refractivity contribution in [2.45, 2.75) is 76.0 Å². The predicted molar refractivity (Wildman–Crippen MR) is 110 cm³/mol. The molecular formula is C23H29NO9. The monoisotopic (exact) mass is 463 g/mol. The first-order chi connectivity index (χ1) is 15.4. The van der Waals surface area contributed by atoms with E-state index in [0.29, 0.717) is 5.56 Å². The zero-order valence-corrected chi connectivity index (χ0v) is 19.3. The summed E-state index contributed by atoms with van der Waals surface area (Å²) in [5.74, 6) is -5.60. The van der Waals surface area contributed by atoms with Gasteiger partial charge in [0.05, 0.1) is 18.6 Å². The number of fused-ring (bicyclic) bond motifs is 1. The lowest BCUT2D eigenvalue weighted by Gasteiger charge is -2.55. The first-order valence-electron chi connectivity index (χ1n) is 11.1. The molecule has 4 aliphatic heterocycles. The number of ether oxygens (including phenoxy) is 6. The van der Waals surface area contributed by atoms with Crippen LogP contribution >= 0.6 is 0 Å². The molecule has 10 heteroatoms. The summed E-state index contributed by atoms with van der Waals surface area (Å²) in [6, 6.07) is 8.75. The minimum absolute atomic E-state index is 0.0943. The Kier molecular flexibility index (Phi) is 4.96. The molecule has 180 valence electrons. The number of hydrogen-bond acceptors (Lipinski definition) is 9. The first kappa shape index (κ1) is 22.7. The van der Waals surface area contributed by atoms with Crippen molar-refractivity contribution in [1.29, 1.82) is 0 Å². The van der Waals surface area contributed by atoms with Gasteiger partial charge in [-0.05, 0) is 33.3 Å². The van der Waals surface area contributed by atoms with E-state index < -0.39 is 59.3 Å². The smallest absolute Gasteiger partial charge is 0.419 e. The van der Waals surface area contributed by atoms with Crippen molar-refractivity contribution >= 4 is 12.0 Å².